The number of morpholine rings is 1. The number of hydrogen-bond donors (Lipinski definition) is 1. The van der Waals surface area contributed by atoms with E-state index in [1.165, 1.54) is 4.31 Å². The maximum atomic E-state index is 13.3. The summed E-state index contributed by atoms with van der Waals surface area (Å²) in [6.45, 7) is 5.56. The van der Waals surface area contributed by atoms with E-state index in [9.17, 15) is 13.2 Å². The molecule has 1 aromatic carbocycles. The molecule has 2 fully saturated rings. The molecule has 1 amide bonds. The molecule has 0 bridgehead atoms. The smallest absolute Gasteiger partial charge is 0.252 e. The Balaban J connectivity index is 1.43. The van der Waals surface area contributed by atoms with Crippen LogP contribution in [0.1, 0.15) is 60.3 Å². The molecule has 2 aliphatic rings. The molecule has 9 nitrogen and oxygen atoms in total. The number of benzene rings is 1. The number of amides is 1. The van der Waals surface area contributed by atoms with Crippen LogP contribution in [-0.2, 0) is 21.3 Å². The van der Waals surface area contributed by atoms with Gasteiger partial charge in [-0.25, -0.2) is 18.1 Å². The quantitative estimate of drug-likeness (QED) is 0.554. The monoisotopic (exact) mass is 483 g/mol. The number of rotatable bonds is 7. The van der Waals surface area contributed by atoms with Gasteiger partial charge in [-0.3, -0.25) is 4.79 Å². The summed E-state index contributed by atoms with van der Waals surface area (Å²) in [7, 11) is -3.68. The number of fused-ring (bicyclic) bond motifs is 1. The molecule has 34 heavy (non-hydrogen) atoms. The van der Waals surface area contributed by atoms with E-state index in [1.54, 1.807) is 30.5 Å². The predicted octanol–water partition coefficient (Wildman–Crippen LogP) is 2.84. The van der Waals surface area contributed by atoms with Gasteiger partial charge in [0.2, 0.25) is 10.0 Å². The van der Waals surface area contributed by atoms with Crippen LogP contribution >= 0.6 is 0 Å². The van der Waals surface area contributed by atoms with Gasteiger partial charge in [-0.1, -0.05) is 18.2 Å². The lowest BCUT2D eigenvalue weighted by Gasteiger charge is -2.27. The fourth-order valence-corrected chi connectivity index (χ4v) is 5.92. The second-order valence-corrected chi connectivity index (χ2v) is 11.0. The minimum absolute atomic E-state index is 0.0967. The Kier molecular flexibility index (Phi) is 6.13. The van der Waals surface area contributed by atoms with Crippen molar-refractivity contribution in [2.24, 2.45) is 0 Å². The number of aromatic nitrogens is 3. The summed E-state index contributed by atoms with van der Waals surface area (Å²) in [6, 6.07) is 8.79. The van der Waals surface area contributed by atoms with Crippen molar-refractivity contribution in [2.75, 3.05) is 26.3 Å². The fraction of sp³-hybridized carbons (Fsp3) is 0.458. The van der Waals surface area contributed by atoms with Crippen LogP contribution in [0.25, 0.3) is 11.0 Å². The summed E-state index contributed by atoms with van der Waals surface area (Å²) in [6.07, 6.45) is 3.83. The summed E-state index contributed by atoms with van der Waals surface area (Å²) >= 11 is 0. The molecule has 1 aliphatic heterocycles. The van der Waals surface area contributed by atoms with Crippen LogP contribution < -0.4 is 5.32 Å². The van der Waals surface area contributed by atoms with E-state index in [-0.39, 0.29) is 23.4 Å². The van der Waals surface area contributed by atoms with Crippen molar-refractivity contribution in [3.63, 3.8) is 0 Å². The summed E-state index contributed by atoms with van der Waals surface area (Å²) in [4.78, 5) is 18.3. The minimum Gasteiger partial charge on any atom is -0.379 e. The highest BCUT2D eigenvalue weighted by atomic mass is 32.2. The first kappa shape index (κ1) is 22.9. The molecule has 5 rings (SSSR count). The standard InChI is InChI=1S/C24H29N5O4S/c1-16(2)29-23-20(15-26-29)19(13-21(27-23)17-7-8-17)24(30)25-14-18-5-3-4-6-22(18)34(31,32)28-9-11-33-12-10-28/h3-6,13,15-17H,7-12,14H2,1-2H3,(H,25,30). The van der Waals surface area contributed by atoms with Crippen LogP contribution in [0.2, 0.25) is 0 Å². The summed E-state index contributed by atoms with van der Waals surface area (Å²) in [5.74, 6) is 0.113. The first-order valence-electron chi connectivity index (χ1n) is 11.7. The lowest BCUT2D eigenvalue weighted by molar-refractivity contribution is 0.0730. The second kappa shape index (κ2) is 9.09. The molecule has 3 aromatic rings. The van der Waals surface area contributed by atoms with Crippen LogP contribution in [0.4, 0.5) is 0 Å². The van der Waals surface area contributed by atoms with Crippen molar-refractivity contribution in [3.8, 4) is 0 Å². The van der Waals surface area contributed by atoms with Crippen molar-refractivity contribution >= 4 is 27.0 Å². The Bertz CT molecular complexity index is 1320. The molecule has 0 unspecified atom stereocenters. The molecule has 10 heteroatoms. The predicted molar refractivity (Wildman–Crippen MR) is 127 cm³/mol. The van der Waals surface area contributed by atoms with Crippen molar-refractivity contribution in [2.45, 2.75) is 50.1 Å². The summed E-state index contributed by atoms with van der Waals surface area (Å²) in [5, 5.41) is 8.09. The number of sulfonamides is 1. The highest BCUT2D eigenvalue weighted by molar-refractivity contribution is 7.89. The van der Waals surface area contributed by atoms with E-state index in [4.69, 9.17) is 9.72 Å². The first-order chi connectivity index (χ1) is 16.4. The van der Waals surface area contributed by atoms with E-state index in [1.807, 2.05) is 24.6 Å². The van der Waals surface area contributed by atoms with Crippen LogP contribution in [0.3, 0.4) is 0 Å². The molecular weight excluding hydrogens is 454 g/mol. The molecule has 1 N–H and O–H groups in total. The Labute approximate surface area is 199 Å². The normalized spacial score (nSPS) is 17.4. The zero-order chi connectivity index (χ0) is 23.9. The minimum atomic E-state index is -3.68. The van der Waals surface area contributed by atoms with Crippen LogP contribution in [0.15, 0.2) is 41.4 Å². The Hall–Kier alpha value is -2.82. The summed E-state index contributed by atoms with van der Waals surface area (Å²) in [5.41, 5.74) is 2.69. The van der Waals surface area contributed by atoms with Crippen LogP contribution in [-0.4, -0.2) is 59.7 Å². The largest absolute Gasteiger partial charge is 0.379 e. The molecule has 3 heterocycles. The zero-order valence-electron chi connectivity index (χ0n) is 19.4. The van der Waals surface area contributed by atoms with Crippen molar-refractivity contribution in [1.29, 1.82) is 0 Å². The van der Waals surface area contributed by atoms with E-state index in [2.05, 4.69) is 10.4 Å². The third-order valence-corrected chi connectivity index (χ3v) is 8.31. The van der Waals surface area contributed by atoms with Gasteiger partial charge in [-0.15, -0.1) is 0 Å². The number of ether oxygens (including phenoxy) is 1. The first-order valence-corrected chi connectivity index (χ1v) is 13.1. The average molecular weight is 484 g/mol. The highest BCUT2D eigenvalue weighted by Crippen LogP contribution is 2.40. The highest BCUT2D eigenvalue weighted by Gasteiger charge is 2.30. The maximum absolute atomic E-state index is 13.3. The Morgan fingerprint density at radius 2 is 1.94 bits per heavy atom. The van der Waals surface area contributed by atoms with Gasteiger partial charge in [0.1, 0.15) is 0 Å². The zero-order valence-corrected chi connectivity index (χ0v) is 20.2. The lowest BCUT2D eigenvalue weighted by Crippen LogP contribution is -2.41. The molecule has 2 aromatic heterocycles. The van der Waals surface area contributed by atoms with Gasteiger partial charge in [0.05, 0.1) is 35.3 Å². The van der Waals surface area contributed by atoms with Gasteiger partial charge < -0.3 is 10.1 Å². The SMILES string of the molecule is CC(C)n1ncc2c(C(=O)NCc3ccccc3S(=O)(=O)N3CCOCC3)cc(C3CC3)nc21. The molecule has 180 valence electrons. The lowest BCUT2D eigenvalue weighted by atomic mass is 10.1. The van der Waals surface area contributed by atoms with Gasteiger partial charge in [-0.2, -0.15) is 9.40 Å². The number of pyridine rings is 1. The molecule has 0 atom stereocenters. The van der Waals surface area contributed by atoms with E-state index in [0.717, 1.165) is 18.5 Å². The maximum Gasteiger partial charge on any atom is 0.252 e. The van der Waals surface area contributed by atoms with Crippen molar-refractivity contribution in [3.05, 3.63) is 53.3 Å². The molecule has 0 radical (unpaired) electrons. The summed E-state index contributed by atoms with van der Waals surface area (Å²) < 4.78 is 35.0. The number of nitrogens with zero attached hydrogens (tertiary/aromatic N) is 4. The fourth-order valence-electron chi connectivity index (χ4n) is 4.29. The topological polar surface area (TPSA) is 106 Å². The molecular formula is C24H29N5O4S. The number of carbonyl (C=O) groups excluding carboxylic acids is 1. The van der Waals surface area contributed by atoms with Crippen LogP contribution in [0, 0.1) is 0 Å². The van der Waals surface area contributed by atoms with E-state index in [0.29, 0.717) is 54.4 Å². The van der Waals surface area contributed by atoms with Crippen molar-refractivity contribution < 1.29 is 17.9 Å². The average Bonchev–Trinajstić information content (AvgIpc) is 3.61. The molecule has 0 spiro atoms. The van der Waals surface area contributed by atoms with Crippen molar-refractivity contribution in [1.82, 2.24) is 24.4 Å². The van der Waals surface area contributed by atoms with Gasteiger partial charge in [0, 0.05) is 37.3 Å². The third-order valence-electron chi connectivity index (χ3n) is 6.32. The third kappa shape index (κ3) is 4.33. The van der Waals surface area contributed by atoms with Gasteiger partial charge in [-0.05, 0) is 44.4 Å². The number of carbonyl (C=O) groups is 1. The molecule has 1 saturated carbocycles. The second-order valence-electron chi connectivity index (χ2n) is 9.10. The molecule has 1 saturated heterocycles. The number of hydrogen-bond acceptors (Lipinski definition) is 6. The Morgan fingerprint density at radius 3 is 2.65 bits per heavy atom. The Morgan fingerprint density at radius 1 is 1.21 bits per heavy atom. The van der Waals surface area contributed by atoms with E-state index >= 15 is 0 Å². The van der Waals surface area contributed by atoms with E-state index < -0.39 is 10.0 Å². The van der Waals surface area contributed by atoms with Crippen LogP contribution in [0.5, 0.6) is 0 Å². The number of nitrogens with one attached hydrogen (secondary N) is 1. The van der Waals surface area contributed by atoms with Gasteiger partial charge in [0.15, 0.2) is 5.65 Å². The van der Waals surface area contributed by atoms with Gasteiger partial charge in [0.25, 0.3) is 5.91 Å². The van der Waals surface area contributed by atoms with Gasteiger partial charge >= 0.3 is 0 Å². The molecule has 1 aliphatic carbocycles.